The number of aromatic nitrogens is 3. The third-order valence-electron chi connectivity index (χ3n) is 2.26. The second-order valence-electron chi connectivity index (χ2n) is 4.72. The van der Waals surface area contributed by atoms with Gasteiger partial charge in [-0.25, -0.2) is 0 Å². The van der Waals surface area contributed by atoms with Crippen LogP contribution in [0.4, 0.5) is 5.95 Å². The van der Waals surface area contributed by atoms with Gasteiger partial charge in [-0.3, -0.25) is 0 Å². The quantitative estimate of drug-likeness (QED) is 0.763. The van der Waals surface area contributed by atoms with Crippen LogP contribution in [-0.4, -0.2) is 39.3 Å². The van der Waals surface area contributed by atoms with Gasteiger partial charge in [0.1, 0.15) is 0 Å². The van der Waals surface area contributed by atoms with Crippen LogP contribution in [-0.2, 0) is 0 Å². The van der Waals surface area contributed by atoms with Crippen LogP contribution in [0.3, 0.4) is 0 Å². The first-order valence-corrected chi connectivity index (χ1v) is 6.85. The van der Waals surface area contributed by atoms with Gasteiger partial charge in [-0.15, -0.1) is 0 Å². The maximum Gasteiger partial charge on any atom is 0.322 e. The van der Waals surface area contributed by atoms with E-state index < -0.39 is 6.10 Å². The summed E-state index contributed by atoms with van der Waals surface area (Å²) < 4.78 is 5.30. The van der Waals surface area contributed by atoms with Crippen molar-refractivity contribution < 1.29 is 9.84 Å². The third kappa shape index (κ3) is 6.54. The maximum atomic E-state index is 9.76. The van der Waals surface area contributed by atoms with Crippen molar-refractivity contribution in [2.45, 2.75) is 39.7 Å². The Morgan fingerprint density at radius 3 is 2.68 bits per heavy atom. The molecule has 0 radical (unpaired) electrons. The number of rotatable bonds is 8. The molecule has 0 spiro atoms. The minimum atomic E-state index is -0.449. The van der Waals surface area contributed by atoms with E-state index in [1.54, 1.807) is 0 Å². The molecule has 0 aliphatic rings. The van der Waals surface area contributed by atoms with Crippen molar-refractivity contribution in [2.75, 3.05) is 18.5 Å². The molecule has 0 aliphatic heterocycles. The monoisotopic (exact) mass is 288 g/mol. The summed E-state index contributed by atoms with van der Waals surface area (Å²) in [4.78, 5) is 11.9. The number of hydrogen-bond donors (Lipinski definition) is 2. The smallest absolute Gasteiger partial charge is 0.322 e. The highest BCUT2D eigenvalue weighted by Crippen LogP contribution is 2.12. The number of nitrogens with zero attached hydrogens (tertiary/aromatic N) is 3. The molecule has 0 saturated carbocycles. The van der Waals surface area contributed by atoms with Gasteiger partial charge in [-0.1, -0.05) is 20.8 Å². The third-order valence-corrected chi connectivity index (χ3v) is 2.43. The predicted molar refractivity (Wildman–Crippen MR) is 74.6 cm³/mol. The van der Waals surface area contributed by atoms with Crippen LogP contribution in [0.15, 0.2) is 0 Å². The van der Waals surface area contributed by atoms with E-state index >= 15 is 0 Å². The average molecular weight is 289 g/mol. The number of aliphatic hydroxyl groups is 1. The van der Waals surface area contributed by atoms with Crippen molar-refractivity contribution in [3.8, 4) is 6.01 Å². The first-order chi connectivity index (χ1) is 9.01. The molecule has 0 saturated heterocycles. The predicted octanol–water partition coefficient (Wildman–Crippen LogP) is 2.13. The largest absolute Gasteiger partial charge is 0.463 e. The van der Waals surface area contributed by atoms with Gasteiger partial charge in [-0.05, 0) is 30.4 Å². The Balaban J connectivity index is 2.55. The van der Waals surface area contributed by atoms with Gasteiger partial charge < -0.3 is 15.2 Å². The van der Waals surface area contributed by atoms with Crippen LogP contribution >= 0.6 is 11.6 Å². The van der Waals surface area contributed by atoms with Crippen molar-refractivity contribution in [1.82, 2.24) is 15.0 Å². The van der Waals surface area contributed by atoms with E-state index in [4.69, 9.17) is 16.3 Å². The van der Waals surface area contributed by atoms with E-state index in [0.717, 1.165) is 6.42 Å². The van der Waals surface area contributed by atoms with Crippen molar-refractivity contribution in [1.29, 1.82) is 0 Å². The van der Waals surface area contributed by atoms with E-state index in [1.165, 1.54) is 0 Å². The fraction of sp³-hybridized carbons (Fsp3) is 0.750. The Kier molecular flexibility index (Phi) is 6.80. The minimum Gasteiger partial charge on any atom is -0.463 e. The summed E-state index contributed by atoms with van der Waals surface area (Å²) in [6.45, 7) is 6.99. The van der Waals surface area contributed by atoms with Crippen LogP contribution < -0.4 is 10.1 Å². The highest BCUT2D eigenvalue weighted by Gasteiger charge is 2.10. The molecule has 2 N–H and O–H groups in total. The number of anilines is 1. The van der Waals surface area contributed by atoms with E-state index in [2.05, 4.69) is 34.1 Å². The second-order valence-corrected chi connectivity index (χ2v) is 5.06. The summed E-state index contributed by atoms with van der Waals surface area (Å²) in [5.74, 6) is 0.746. The van der Waals surface area contributed by atoms with E-state index in [9.17, 15) is 5.11 Å². The fourth-order valence-corrected chi connectivity index (χ4v) is 1.66. The molecule has 7 heteroatoms. The highest BCUT2D eigenvalue weighted by atomic mass is 35.5. The first-order valence-electron chi connectivity index (χ1n) is 6.47. The molecular weight excluding hydrogens is 268 g/mol. The number of aliphatic hydroxyl groups excluding tert-OH is 1. The summed E-state index contributed by atoms with van der Waals surface area (Å²) in [5, 5.41) is 12.8. The lowest BCUT2D eigenvalue weighted by atomic mass is 10.1. The summed E-state index contributed by atoms with van der Waals surface area (Å²) in [6.07, 6.45) is 1.13. The van der Waals surface area contributed by atoms with Crippen LogP contribution in [0.5, 0.6) is 6.01 Å². The molecule has 108 valence electrons. The molecule has 1 atom stereocenters. The molecule has 0 aromatic carbocycles. The molecule has 1 aromatic rings. The van der Waals surface area contributed by atoms with Gasteiger partial charge in [0.2, 0.25) is 11.2 Å². The molecule has 0 aliphatic carbocycles. The van der Waals surface area contributed by atoms with Gasteiger partial charge in [-0.2, -0.15) is 15.0 Å². The highest BCUT2D eigenvalue weighted by molar-refractivity contribution is 6.28. The molecule has 1 unspecified atom stereocenters. The lowest BCUT2D eigenvalue weighted by Gasteiger charge is -2.14. The molecule has 1 aromatic heterocycles. The topological polar surface area (TPSA) is 80.2 Å². The molecule has 0 bridgehead atoms. The molecule has 6 nitrogen and oxygen atoms in total. The van der Waals surface area contributed by atoms with E-state index in [1.807, 2.05) is 6.92 Å². The summed E-state index contributed by atoms with van der Waals surface area (Å²) in [6, 6.07) is 0.197. The molecule has 1 heterocycles. The summed E-state index contributed by atoms with van der Waals surface area (Å²) in [5.41, 5.74) is 0. The Morgan fingerprint density at radius 1 is 1.32 bits per heavy atom. The normalized spacial score (nSPS) is 12.5. The van der Waals surface area contributed by atoms with E-state index in [0.29, 0.717) is 31.4 Å². The Morgan fingerprint density at radius 2 is 2.05 bits per heavy atom. The van der Waals surface area contributed by atoms with Crippen LogP contribution in [0.25, 0.3) is 0 Å². The van der Waals surface area contributed by atoms with Crippen molar-refractivity contribution in [3.63, 3.8) is 0 Å². The zero-order valence-electron chi connectivity index (χ0n) is 11.6. The van der Waals surface area contributed by atoms with Gasteiger partial charge >= 0.3 is 6.01 Å². The molecule has 1 rings (SSSR count). The fourth-order valence-electron chi connectivity index (χ4n) is 1.51. The van der Waals surface area contributed by atoms with Gasteiger partial charge in [0.15, 0.2) is 0 Å². The van der Waals surface area contributed by atoms with Gasteiger partial charge in [0.05, 0.1) is 12.7 Å². The first kappa shape index (κ1) is 15.9. The number of halogens is 1. The summed E-state index contributed by atoms with van der Waals surface area (Å²) in [7, 11) is 0. The average Bonchev–Trinajstić information content (AvgIpc) is 2.32. The van der Waals surface area contributed by atoms with Crippen LogP contribution in [0, 0.1) is 5.92 Å². The molecule has 0 fully saturated rings. The van der Waals surface area contributed by atoms with E-state index in [-0.39, 0.29) is 11.3 Å². The minimum absolute atomic E-state index is 0.0713. The Bertz CT molecular complexity index is 390. The zero-order chi connectivity index (χ0) is 14.3. The second kappa shape index (κ2) is 8.12. The Hall–Kier alpha value is -1.14. The van der Waals surface area contributed by atoms with Crippen molar-refractivity contribution in [3.05, 3.63) is 5.28 Å². The van der Waals surface area contributed by atoms with Gasteiger partial charge in [0.25, 0.3) is 0 Å². The van der Waals surface area contributed by atoms with Crippen LogP contribution in [0.1, 0.15) is 33.6 Å². The van der Waals surface area contributed by atoms with Crippen molar-refractivity contribution >= 4 is 17.5 Å². The summed E-state index contributed by atoms with van der Waals surface area (Å²) >= 11 is 5.78. The lowest BCUT2D eigenvalue weighted by molar-refractivity contribution is 0.161. The maximum absolute atomic E-state index is 9.76. The number of nitrogens with one attached hydrogen (secondary N) is 1. The SMILES string of the molecule is CCCOc1nc(Cl)nc(NCC(O)CC(C)C)n1. The standard InChI is InChI=1S/C12H21ClN4O2/c1-4-5-19-12-16-10(13)15-11(17-12)14-7-9(18)6-8(2)3/h8-9,18H,4-7H2,1-3H3,(H,14,15,16,17). The molecule has 0 amide bonds. The number of hydrogen-bond acceptors (Lipinski definition) is 6. The van der Waals surface area contributed by atoms with Gasteiger partial charge in [0, 0.05) is 6.54 Å². The lowest BCUT2D eigenvalue weighted by Crippen LogP contribution is -2.22. The molecular formula is C12H21ClN4O2. The van der Waals surface area contributed by atoms with Crippen LogP contribution in [0.2, 0.25) is 5.28 Å². The molecule has 19 heavy (non-hydrogen) atoms. The van der Waals surface area contributed by atoms with Crippen molar-refractivity contribution in [2.24, 2.45) is 5.92 Å². The Labute approximate surface area is 118 Å². The number of ether oxygens (including phenoxy) is 1. The zero-order valence-corrected chi connectivity index (χ0v) is 12.3.